The van der Waals surface area contributed by atoms with E-state index in [0.29, 0.717) is 34.9 Å². The van der Waals surface area contributed by atoms with Crippen molar-refractivity contribution in [2.24, 2.45) is 0 Å². The Morgan fingerprint density at radius 2 is 0.798 bits per heavy atom. The van der Waals surface area contributed by atoms with E-state index in [9.17, 15) is 14.4 Å². The fourth-order valence-corrected chi connectivity index (χ4v) is 11.0. The number of hydrogen-bond acceptors (Lipinski definition) is 13. The molecule has 0 spiro atoms. The van der Waals surface area contributed by atoms with Crippen molar-refractivity contribution >= 4 is 113 Å². The van der Waals surface area contributed by atoms with Crippen molar-refractivity contribution in [1.29, 1.82) is 0 Å². The predicted octanol–water partition coefficient (Wildman–Crippen LogP) is 22.1. The number of hydrogen-bond donors (Lipinski definition) is 9. The van der Waals surface area contributed by atoms with Crippen LogP contribution in [0.3, 0.4) is 0 Å². The van der Waals surface area contributed by atoms with Gasteiger partial charge in [-0.3, -0.25) is 19.4 Å². The van der Waals surface area contributed by atoms with Gasteiger partial charge in [-0.15, -0.1) is 0 Å². The molecule has 0 saturated carbocycles. The molecule has 0 saturated heterocycles. The highest BCUT2D eigenvalue weighted by Crippen LogP contribution is 2.25. The van der Waals surface area contributed by atoms with E-state index in [1.807, 2.05) is 97.9 Å². The maximum atomic E-state index is 12.6. The second-order valence-electron chi connectivity index (χ2n) is 25.4. The fourth-order valence-electron chi connectivity index (χ4n) is 11.0. The lowest BCUT2D eigenvalue weighted by molar-refractivity contribution is -0.111. The van der Waals surface area contributed by atoms with Crippen LogP contribution < -0.4 is 43.6 Å². The Morgan fingerprint density at radius 1 is 0.394 bits per heavy atom. The number of carbonyl (C=O) groups is 2. The summed E-state index contributed by atoms with van der Waals surface area (Å²) in [4.78, 5) is 56.6. The largest absolute Gasteiger partial charge is 0.508 e. The highest BCUT2D eigenvalue weighted by atomic mass is 16.3. The summed E-state index contributed by atoms with van der Waals surface area (Å²) < 4.78 is 0. The van der Waals surface area contributed by atoms with Gasteiger partial charge in [0.15, 0.2) is 0 Å². The Morgan fingerprint density at radius 3 is 1.28 bits per heavy atom. The number of pyridine rings is 5. The summed E-state index contributed by atoms with van der Waals surface area (Å²) in [5.41, 5.74) is 31.0. The summed E-state index contributed by atoms with van der Waals surface area (Å²) in [5, 5.41) is 30.0. The highest BCUT2D eigenvalue weighted by Gasteiger charge is 2.11. The second kappa shape index (κ2) is 40.7. The van der Waals surface area contributed by atoms with Crippen LogP contribution in [0.2, 0.25) is 0 Å². The Kier molecular flexibility index (Phi) is 31.5. The first-order valence-corrected chi connectivity index (χ1v) is 34.1. The number of phenolic OH excluding ortho intramolecular Hbond substituents is 1. The zero-order valence-electron chi connectivity index (χ0n) is 58.9. The van der Waals surface area contributed by atoms with Crippen molar-refractivity contribution in [2.75, 3.05) is 38.1 Å². The van der Waals surface area contributed by atoms with Crippen LogP contribution in [0.4, 0.5) is 40.2 Å². The monoisotopic (exact) mass is 1450 g/mol. The molecule has 5 aromatic heterocycles. The van der Waals surface area contributed by atoms with Crippen molar-refractivity contribution < 1.29 is 14.7 Å². The van der Waals surface area contributed by atoms with Gasteiger partial charge in [-0.1, -0.05) is 186 Å². The smallest absolute Gasteiger partial charge is 0.255 e. The minimum atomic E-state index is -0.230. The standard InChI is InChI=1S/C26H24N4O.C24H22N4O.C18H18N2.C11H11N.C9H7NO2.5CH4/c1-18-6-8-20(9-7-18)17-28-25-14-12-21-16-19(10-13-23(21)29-25)11-15-26(31)30-24-5-3-2-4-22(24)27;1-16-6-8-17(9-7-16)15-26-23-13-11-18-14-19(10-12-21(18)27-23)24(29)28-22-5-3-2-4-20(22)25;1-13-3-6-15(7-4-13)12-19-18-10-8-16-11-14(2)5-9-17(16)20-18;1-8-3-6-11-10(7-8)5-4-9(2)12-11;11-7-2-3-8-6(5-7)1-4-9(12)10-8;;;;;/h2-16H,17,27H2,1H3,(H,28,29)(H,30,31);2-14H,15,25H2,1H3,(H,26,27)(H,28,29);3-11H,12H2,1-2H3,(H,19,20);3-7H,1-2H3;1-5,11H,(H,10,12);5*1H4/b15-11+;;;;;;;;;. The molecule has 15 aromatic rings. The van der Waals surface area contributed by atoms with Gasteiger partial charge in [0, 0.05) is 75.5 Å². The van der Waals surface area contributed by atoms with Crippen LogP contribution in [0.25, 0.3) is 60.6 Å². The van der Waals surface area contributed by atoms with Gasteiger partial charge in [0.1, 0.15) is 23.2 Å². The summed E-state index contributed by atoms with van der Waals surface area (Å²) in [6, 6.07) is 87.9. The maximum Gasteiger partial charge on any atom is 0.255 e. The van der Waals surface area contributed by atoms with Crippen molar-refractivity contribution in [2.45, 2.75) is 98.3 Å². The molecular formula is C93H102N12O4. The van der Waals surface area contributed by atoms with Gasteiger partial charge < -0.3 is 48.1 Å². The lowest BCUT2D eigenvalue weighted by Gasteiger charge is -2.10. The molecule has 0 atom stereocenters. The molecule has 109 heavy (non-hydrogen) atoms. The summed E-state index contributed by atoms with van der Waals surface area (Å²) >= 11 is 0. The fraction of sp³-hybridized carbons (Fsp3) is 0.151. The van der Waals surface area contributed by atoms with Gasteiger partial charge >= 0.3 is 0 Å². The summed E-state index contributed by atoms with van der Waals surface area (Å²) in [6.07, 6.45) is 3.27. The first-order valence-electron chi connectivity index (χ1n) is 34.1. The van der Waals surface area contributed by atoms with Gasteiger partial charge in [-0.25, -0.2) is 15.0 Å². The molecule has 16 nitrogen and oxygen atoms in total. The lowest BCUT2D eigenvalue weighted by Crippen LogP contribution is -2.13. The first-order chi connectivity index (χ1) is 50.4. The van der Waals surface area contributed by atoms with Crippen LogP contribution in [0.5, 0.6) is 5.75 Å². The van der Waals surface area contributed by atoms with Crippen LogP contribution in [-0.2, 0) is 24.4 Å². The number of H-pyrrole nitrogens is 1. The number of nitrogens with two attached hydrogens (primary N) is 2. The third-order valence-electron chi connectivity index (χ3n) is 16.8. The molecule has 0 radical (unpaired) electrons. The van der Waals surface area contributed by atoms with E-state index in [4.69, 9.17) is 16.6 Å². The molecule has 15 rings (SSSR count). The van der Waals surface area contributed by atoms with Crippen molar-refractivity contribution in [3.8, 4) is 5.75 Å². The van der Waals surface area contributed by atoms with Crippen LogP contribution >= 0.6 is 0 Å². The molecule has 16 heteroatoms. The second-order valence-corrected chi connectivity index (χ2v) is 25.4. The maximum absolute atomic E-state index is 12.6. The third kappa shape index (κ3) is 24.8. The minimum Gasteiger partial charge on any atom is -0.508 e. The third-order valence-corrected chi connectivity index (χ3v) is 16.8. The molecule has 0 aliphatic carbocycles. The summed E-state index contributed by atoms with van der Waals surface area (Å²) in [7, 11) is 0. The molecule has 0 fully saturated rings. The number of fused-ring (bicyclic) bond motifs is 5. The molecule has 10 aromatic carbocycles. The number of aromatic amines is 1. The number of nitrogen functional groups attached to an aromatic ring is 2. The molecule has 0 bridgehead atoms. The number of benzene rings is 10. The molecule has 0 unspecified atom stereocenters. The normalized spacial score (nSPS) is 10.2. The number of rotatable bonds is 14. The highest BCUT2D eigenvalue weighted by molar-refractivity contribution is 6.07. The van der Waals surface area contributed by atoms with Crippen LogP contribution in [0.1, 0.15) is 103 Å². The van der Waals surface area contributed by atoms with Crippen LogP contribution in [0, 0.1) is 41.5 Å². The SMILES string of the molecule is C.C.C.C.C.Cc1ccc(CNc2ccc3cc(/C=C/C(=O)Nc4ccccc4N)ccc3n2)cc1.Cc1ccc(CNc2ccc3cc(C(=O)Nc4ccccc4N)ccc3n2)cc1.Cc1ccc(CNc2ccc3cc(C)ccc3n2)cc1.Cc1ccc2nc(C)ccc2c1.O=c1ccc2cc(O)ccc2[nH]1. The first kappa shape index (κ1) is 84.5. The van der Waals surface area contributed by atoms with Gasteiger partial charge in [-0.05, 0) is 215 Å². The van der Waals surface area contributed by atoms with Gasteiger partial charge in [0.05, 0.1) is 44.8 Å². The van der Waals surface area contributed by atoms with E-state index in [1.54, 1.807) is 54.6 Å². The van der Waals surface area contributed by atoms with E-state index < -0.39 is 0 Å². The van der Waals surface area contributed by atoms with Crippen molar-refractivity contribution in [3.63, 3.8) is 0 Å². The molecular weight excluding hydrogens is 1350 g/mol. The molecule has 0 aliphatic heterocycles. The number of carbonyl (C=O) groups excluding carboxylic acids is 2. The minimum absolute atomic E-state index is 0. The Balaban J connectivity index is 0.000000220. The van der Waals surface area contributed by atoms with E-state index in [-0.39, 0.29) is 60.3 Å². The average Bonchev–Trinajstić information content (AvgIpc) is 0.826. The number of nitrogens with one attached hydrogen (secondary N) is 6. The van der Waals surface area contributed by atoms with E-state index in [2.05, 4.69) is 207 Å². The van der Waals surface area contributed by atoms with Gasteiger partial charge in [0.25, 0.3) is 5.91 Å². The molecule has 0 aliphatic rings. The zero-order valence-corrected chi connectivity index (χ0v) is 58.9. The number of aromatic hydroxyl groups is 1. The number of anilines is 7. The van der Waals surface area contributed by atoms with Gasteiger partial charge in [-0.2, -0.15) is 0 Å². The predicted molar refractivity (Wildman–Crippen MR) is 464 cm³/mol. The topological polar surface area (TPSA) is 251 Å². The molecule has 558 valence electrons. The van der Waals surface area contributed by atoms with E-state index in [1.165, 1.54) is 73.5 Å². The molecule has 11 N–H and O–H groups in total. The number of nitrogens with zero attached hydrogens (tertiary/aromatic N) is 4. The lowest BCUT2D eigenvalue weighted by atomic mass is 10.1. The number of para-hydroxylation sites is 4. The Labute approximate surface area is 641 Å². The van der Waals surface area contributed by atoms with E-state index in [0.717, 1.165) is 85.5 Å². The van der Waals surface area contributed by atoms with Crippen molar-refractivity contribution in [1.82, 2.24) is 24.9 Å². The van der Waals surface area contributed by atoms with Crippen molar-refractivity contribution in [3.05, 3.63) is 351 Å². The summed E-state index contributed by atoms with van der Waals surface area (Å²) in [6.45, 7) is 14.7. The summed E-state index contributed by atoms with van der Waals surface area (Å²) in [5.74, 6) is 2.32. The number of amides is 2. The zero-order chi connectivity index (χ0) is 72.9. The number of phenols is 1. The quantitative estimate of drug-likeness (QED) is 0.0363. The molecule has 2 amide bonds. The van der Waals surface area contributed by atoms with Crippen LogP contribution in [0.15, 0.2) is 284 Å². The Hall–Kier alpha value is -13.5. The number of aromatic nitrogens is 5. The average molecular weight is 1450 g/mol. The van der Waals surface area contributed by atoms with E-state index >= 15 is 0 Å². The number of aryl methyl sites for hydroxylation is 6. The molecule has 5 heterocycles. The van der Waals surface area contributed by atoms with Crippen LogP contribution in [-0.4, -0.2) is 41.8 Å². The van der Waals surface area contributed by atoms with Gasteiger partial charge in [0.2, 0.25) is 11.5 Å². The Bertz CT molecular complexity index is 5550.